The summed E-state index contributed by atoms with van der Waals surface area (Å²) in [5.74, 6) is 1.99. The van der Waals surface area contributed by atoms with Gasteiger partial charge in [0, 0.05) is 5.56 Å². The highest BCUT2D eigenvalue weighted by Crippen LogP contribution is 2.28. The molecule has 0 amide bonds. The van der Waals surface area contributed by atoms with E-state index in [0.29, 0.717) is 19.8 Å². The van der Waals surface area contributed by atoms with E-state index in [9.17, 15) is 4.39 Å². The molecule has 4 nitrogen and oxygen atoms in total. The van der Waals surface area contributed by atoms with Gasteiger partial charge >= 0.3 is 0 Å². The number of hydrogen-bond donors (Lipinski definition) is 0. The quantitative estimate of drug-likeness (QED) is 0.438. The molecule has 142 valence electrons. The van der Waals surface area contributed by atoms with Crippen LogP contribution in [0.4, 0.5) is 4.39 Å². The number of halogens is 1. The third kappa shape index (κ3) is 3.69. The van der Waals surface area contributed by atoms with E-state index < -0.39 is 0 Å². The lowest BCUT2D eigenvalue weighted by Crippen LogP contribution is -2.10. The van der Waals surface area contributed by atoms with Crippen LogP contribution in [0.1, 0.15) is 6.92 Å². The fourth-order valence-corrected chi connectivity index (χ4v) is 3.21. The van der Waals surface area contributed by atoms with Gasteiger partial charge in [0.15, 0.2) is 11.5 Å². The molecule has 0 aliphatic heterocycles. The van der Waals surface area contributed by atoms with E-state index in [1.807, 2.05) is 55.5 Å². The molecule has 5 heteroatoms. The number of nitrogens with zero attached hydrogens (tertiary/aromatic N) is 2. The number of imidazole rings is 1. The van der Waals surface area contributed by atoms with Crippen molar-refractivity contribution in [2.45, 2.75) is 13.5 Å². The topological polar surface area (TPSA) is 36.3 Å². The van der Waals surface area contributed by atoms with Crippen molar-refractivity contribution < 1.29 is 13.9 Å². The monoisotopic (exact) mass is 376 g/mol. The molecule has 1 heterocycles. The first kappa shape index (κ1) is 18.0. The van der Waals surface area contributed by atoms with Gasteiger partial charge in [-0.1, -0.05) is 24.3 Å². The molecule has 4 rings (SSSR count). The molecule has 3 aromatic carbocycles. The van der Waals surface area contributed by atoms with Crippen LogP contribution in [0.5, 0.6) is 11.5 Å². The van der Waals surface area contributed by atoms with Crippen LogP contribution >= 0.6 is 0 Å². The van der Waals surface area contributed by atoms with Crippen LogP contribution in [-0.4, -0.2) is 22.8 Å². The van der Waals surface area contributed by atoms with Crippen LogP contribution in [0.15, 0.2) is 72.8 Å². The largest absolute Gasteiger partial charge is 0.490 e. The average molecular weight is 376 g/mol. The average Bonchev–Trinajstić information content (AvgIpc) is 3.09. The van der Waals surface area contributed by atoms with Gasteiger partial charge in [-0.05, 0) is 55.5 Å². The number of rotatable bonds is 7. The standard InChI is InChI=1S/C23H21FN2O2/c1-2-27-21-9-5-6-10-22(21)28-16-15-26-20-8-4-3-7-19(20)25-23(26)17-11-13-18(24)14-12-17/h3-14H,2,15-16H2,1H3. The molecule has 0 aliphatic rings. The predicted molar refractivity (Wildman–Crippen MR) is 108 cm³/mol. The molecular formula is C23H21FN2O2. The van der Waals surface area contributed by atoms with E-state index in [4.69, 9.17) is 14.5 Å². The lowest BCUT2D eigenvalue weighted by molar-refractivity contribution is 0.268. The van der Waals surface area contributed by atoms with Crippen molar-refractivity contribution in [2.75, 3.05) is 13.2 Å². The summed E-state index contributed by atoms with van der Waals surface area (Å²) in [6.45, 7) is 3.59. The molecule has 1 aromatic heterocycles. The van der Waals surface area contributed by atoms with E-state index in [1.165, 1.54) is 12.1 Å². The van der Waals surface area contributed by atoms with Crippen LogP contribution < -0.4 is 9.47 Å². The summed E-state index contributed by atoms with van der Waals surface area (Å²) in [7, 11) is 0. The Kier molecular flexibility index (Phi) is 5.24. The molecular weight excluding hydrogens is 355 g/mol. The summed E-state index contributed by atoms with van der Waals surface area (Å²) >= 11 is 0. The maximum atomic E-state index is 13.3. The molecule has 0 fully saturated rings. The zero-order chi connectivity index (χ0) is 19.3. The molecule has 0 radical (unpaired) electrons. The molecule has 0 spiro atoms. The summed E-state index contributed by atoms with van der Waals surface area (Å²) in [5.41, 5.74) is 2.78. The molecule has 0 aliphatic carbocycles. The summed E-state index contributed by atoms with van der Waals surface area (Å²) in [6.07, 6.45) is 0. The molecule has 0 unspecified atom stereocenters. The van der Waals surface area contributed by atoms with E-state index in [2.05, 4.69) is 4.57 Å². The number of para-hydroxylation sites is 4. The summed E-state index contributed by atoms with van der Waals surface area (Å²) < 4.78 is 27.1. The lowest BCUT2D eigenvalue weighted by Gasteiger charge is -2.13. The van der Waals surface area contributed by atoms with Gasteiger partial charge in [0.05, 0.1) is 24.2 Å². The third-order valence-electron chi connectivity index (χ3n) is 4.48. The van der Waals surface area contributed by atoms with Crippen molar-refractivity contribution in [2.24, 2.45) is 0 Å². The highest BCUT2D eigenvalue weighted by atomic mass is 19.1. The molecule has 0 bridgehead atoms. The zero-order valence-electron chi connectivity index (χ0n) is 15.6. The maximum absolute atomic E-state index is 13.3. The van der Waals surface area contributed by atoms with E-state index in [-0.39, 0.29) is 5.82 Å². The minimum Gasteiger partial charge on any atom is -0.490 e. The van der Waals surface area contributed by atoms with Gasteiger partial charge in [0.2, 0.25) is 0 Å². The minimum atomic E-state index is -0.262. The number of fused-ring (bicyclic) bond motifs is 1. The number of aromatic nitrogens is 2. The lowest BCUT2D eigenvalue weighted by atomic mass is 10.2. The van der Waals surface area contributed by atoms with Gasteiger partial charge in [-0.3, -0.25) is 0 Å². The summed E-state index contributed by atoms with van der Waals surface area (Å²) in [6, 6.07) is 22.0. The normalized spacial score (nSPS) is 10.9. The molecule has 0 saturated carbocycles. The second-order valence-corrected chi connectivity index (χ2v) is 6.31. The van der Waals surface area contributed by atoms with Gasteiger partial charge in [-0.15, -0.1) is 0 Å². The smallest absolute Gasteiger partial charge is 0.161 e. The van der Waals surface area contributed by atoms with Crippen molar-refractivity contribution in [3.63, 3.8) is 0 Å². The van der Waals surface area contributed by atoms with Crippen LogP contribution in [0.25, 0.3) is 22.4 Å². The first-order valence-corrected chi connectivity index (χ1v) is 9.32. The Morgan fingerprint density at radius 2 is 1.54 bits per heavy atom. The second kappa shape index (κ2) is 8.13. The van der Waals surface area contributed by atoms with Gasteiger partial charge in [-0.25, -0.2) is 9.37 Å². The van der Waals surface area contributed by atoms with Gasteiger partial charge in [-0.2, -0.15) is 0 Å². The molecule has 0 saturated heterocycles. The second-order valence-electron chi connectivity index (χ2n) is 6.31. The van der Waals surface area contributed by atoms with Crippen molar-refractivity contribution in [1.82, 2.24) is 9.55 Å². The molecule has 4 aromatic rings. The summed E-state index contributed by atoms with van der Waals surface area (Å²) in [4.78, 5) is 4.75. The maximum Gasteiger partial charge on any atom is 0.161 e. The van der Waals surface area contributed by atoms with Crippen LogP contribution in [0.3, 0.4) is 0 Å². The van der Waals surface area contributed by atoms with Crippen LogP contribution in [-0.2, 0) is 6.54 Å². The Bertz CT molecular complexity index is 1070. The Balaban J connectivity index is 1.61. The first-order chi connectivity index (χ1) is 13.8. The SMILES string of the molecule is CCOc1ccccc1OCCn1c(-c2ccc(F)cc2)nc2ccccc21. The minimum absolute atomic E-state index is 0.262. The first-order valence-electron chi connectivity index (χ1n) is 9.32. The van der Waals surface area contributed by atoms with Crippen molar-refractivity contribution >= 4 is 11.0 Å². The Labute approximate surface area is 163 Å². The molecule has 0 N–H and O–H groups in total. The van der Waals surface area contributed by atoms with E-state index in [1.54, 1.807) is 12.1 Å². The highest BCUT2D eigenvalue weighted by molar-refractivity contribution is 5.80. The number of benzene rings is 3. The predicted octanol–water partition coefficient (Wildman–Crippen LogP) is 5.32. The van der Waals surface area contributed by atoms with Crippen molar-refractivity contribution in [3.8, 4) is 22.9 Å². The number of ether oxygens (including phenoxy) is 2. The summed E-state index contributed by atoms with van der Waals surface area (Å²) in [5, 5.41) is 0. The Morgan fingerprint density at radius 1 is 0.857 bits per heavy atom. The van der Waals surface area contributed by atoms with Crippen LogP contribution in [0.2, 0.25) is 0 Å². The van der Waals surface area contributed by atoms with E-state index in [0.717, 1.165) is 33.9 Å². The van der Waals surface area contributed by atoms with Gasteiger partial charge in [0.1, 0.15) is 18.2 Å². The zero-order valence-corrected chi connectivity index (χ0v) is 15.6. The Hall–Kier alpha value is -3.34. The molecule has 28 heavy (non-hydrogen) atoms. The highest BCUT2D eigenvalue weighted by Gasteiger charge is 2.13. The molecule has 0 atom stereocenters. The van der Waals surface area contributed by atoms with Crippen molar-refractivity contribution in [3.05, 3.63) is 78.6 Å². The fraction of sp³-hybridized carbons (Fsp3) is 0.174. The van der Waals surface area contributed by atoms with Crippen LogP contribution in [0, 0.1) is 5.82 Å². The van der Waals surface area contributed by atoms with E-state index >= 15 is 0 Å². The Morgan fingerprint density at radius 3 is 2.29 bits per heavy atom. The van der Waals surface area contributed by atoms with Gasteiger partial charge in [0.25, 0.3) is 0 Å². The van der Waals surface area contributed by atoms with Crippen molar-refractivity contribution in [1.29, 1.82) is 0 Å². The fourth-order valence-electron chi connectivity index (χ4n) is 3.21. The van der Waals surface area contributed by atoms with Gasteiger partial charge < -0.3 is 14.0 Å². The third-order valence-corrected chi connectivity index (χ3v) is 4.48. The number of hydrogen-bond acceptors (Lipinski definition) is 3.